The number of amides is 1. The summed E-state index contributed by atoms with van der Waals surface area (Å²) in [6.07, 6.45) is 4.20. The summed E-state index contributed by atoms with van der Waals surface area (Å²) in [6.45, 7) is 0.911. The highest BCUT2D eigenvalue weighted by Gasteiger charge is 2.28. The maximum Gasteiger partial charge on any atom is 0.241 e. The maximum absolute atomic E-state index is 12.2. The Bertz CT molecular complexity index is 687. The Morgan fingerprint density at radius 2 is 2.23 bits per heavy atom. The Kier molecular flexibility index (Phi) is 3.34. The minimum absolute atomic E-state index is 0.0245. The number of carbonyl (C=O) groups excluding carboxylic acids is 1. The molecule has 1 aliphatic heterocycles. The lowest BCUT2D eigenvalue weighted by Gasteiger charge is -2.12. The van der Waals surface area contributed by atoms with Gasteiger partial charge in [-0.15, -0.1) is 5.10 Å². The summed E-state index contributed by atoms with van der Waals surface area (Å²) >= 11 is 0. The van der Waals surface area contributed by atoms with Crippen LogP contribution in [0.25, 0.3) is 11.4 Å². The highest BCUT2D eigenvalue weighted by Crippen LogP contribution is 2.36. The molecule has 1 saturated carbocycles. The van der Waals surface area contributed by atoms with E-state index in [9.17, 15) is 4.79 Å². The van der Waals surface area contributed by atoms with E-state index in [1.54, 1.807) is 0 Å². The molecule has 0 radical (unpaired) electrons. The molecule has 1 aromatic carbocycles. The van der Waals surface area contributed by atoms with Crippen molar-refractivity contribution < 1.29 is 4.79 Å². The van der Waals surface area contributed by atoms with Gasteiger partial charge >= 0.3 is 0 Å². The normalized spacial score (nSPS) is 21.0. The van der Waals surface area contributed by atoms with Crippen LogP contribution in [0.5, 0.6) is 0 Å². The number of benzene rings is 1. The molecule has 2 aliphatic rings. The molecule has 2 heterocycles. The average Bonchev–Trinajstić information content (AvgIpc) is 3.05. The molecule has 2 N–H and O–H groups in total. The largest absolute Gasteiger partial charge is 0.325 e. The van der Waals surface area contributed by atoms with Crippen LogP contribution in [0, 0.1) is 0 Å². The molecule has 22 heavy (non-hydrogen) atoms. The minimum atomic E-state index is -0.0829. The first kappa shape index (κ1) is 13.4. The third-order valence-corrected chi connectivity index (χ3v) is 4.15. The molecule has 1 amide bonds. The summed E-state index contributed by atoms with van der Waals surface area (Å²) in [4.78, 5) is 12.2. The summed E-state index contributed by atoms with van der Waals surface area (Å²) in [5.41, 5.74) is 1.70. The number of nitrogens with zero attached hydrogens (tertiary/aromatic N) is 4. The number of rotatable bonds is 4. The van der Waals surface area contributed by atoms with Crippen molar-refractivity contribution in [3.05, 3.63) is 24.3 Å². The van der Waals surface area contributed by atoms with Crippen LogP contribution in [0.2, 0.25) is 0 Å². The average molecular weight is 298 g/mol. The second kappa shape index (κ2) is 5.49. The summed E-state index contributed by atoms with van der Waals surface area (Å²) in [5.74, 6) is 0.786. The molecule has 7 heteroatoms. The van der Waals surface area contributed by atoms with Crippen LogP contribution < -0.4 is 10.6 Å². The first-order valence-corrected chi connectivity index (χ1v) is 7.74. The van der Waals surface area contributed by atoms with E-state index < -0.39 is 0 Å². The topological polar surface area (TPSA) is 84.7 Å². The van der Waals surface area contributed by atoms with Gasteiger partial charge in [-0.1, -0.05) is 12.1 Å². The molecule has 7 nitrogen and oxygen atoms in total. The Morgan fingerprint density at radius 3 is 3.00 bits per heavy atom. The SMILES string of the molecule is O=C(Nc1cccc(-c2nnnn2C2CC2)c1)[C@@H]1CCCN1. The quantitative estimate of drug-likeness (QED) is 0.890. The van der Waals surface area contributed by atoms with E-state index in [0.717, 1.165) is 49.3 Å². The van der Waals surface area contributed by atoms with Crippen molar-refractivity contribution in [2.24, 2.45) is 0 Å². The van der Waals surface area contributed by atoms with Gasteiger partial charge in [-0.2, -0.15) is 0 Å². The molecule has 2 fully saturated rings. The van der Waals surface area contributed by atoms with Gasteiger partial charge in [-0.3, -0.25) is 4.79 Å². The minimum Gasteiger partial charge on any atom is -0.325 e. The summed E-state index contributed by atoms with van der Waals surface area (Å²) in [5, 5.41) is 18.1. The van der Waals surface area contributed by atoms with E-state index in [-0.39, 0.29) is 11.9 Å². The fraction of sp³-hybridized carbons (Fsp3) is 0.467. The van der Waals surface area contributed by atoms with E-state index in [4.69, 9.17) is 0 Å². The summed E-state index contributed by atoms with van der Waals surface area (Å²) in [7, 11) is 0. The van der Waals surface area contributed by atoms with E-state index >= 15 is 0 Å². The molecule has 1 aliphatic carbocycles. The van der Waals surface area contributed by atoms with E-state index in [1.807, 2.05) is 28.9 Å². The number of hydrogen-bond acceptors (Lipinski definition) is 5. The molecular weight excluding hydrogens is 280 g/mol. The number of aromatic nitrogens is 4. The van der Waals surface area contributed by atoms with Crippen molar-refractivity contribution in [3.63, 3.8) is 0 Å². The van der Waals surface area contributed by atoms with Gasteiger partial charge < -0.3 is 10.6 Å². The van der Waals surface area contributed by atoms with Crippen LogP contribution in [0.1, 0.15) is 31.7 Å². The second-order valence-corrected chi connectivity index (χ2v) is 5.90. The molecular formula is C15H18N6O. The molecule has 1 aromatic heterocycles. The zero-order chi connectivity index (χ0) is 14.9. The maximum atomic E-state index is 12.2. The zero-order valence-electron chi connectivity index (χ0n) is 12.2. The predicted molar refractivity (Wildman–Crippen MR) is 81.2 cm³/mol. The van der Waals surface area contributed by atoms with Crippen molar-refractivity contribution in [1.29, 1.82) is 0 Å². The van der Waals surface area contributed by atoms with Gasteiger partial charge in [0, 0.05) is 11.3 Å². The van der Waals surface area contributed by atoms with Crippen LogP contribution in [0.3, 0.4) is 0 Å². The first-order valence-electron chi connectivity index (χ1n) is 7.74. The molecule has 114 valence electrons. The highest BCUT2D eigenvalue weighted by molar-refractivity contribution is 5.95. The van der Waals surface area contributed by atoms with Crippen LogP contribution in [0.4, 0.5) is 5.69 Å². The van der Waals surface area contributed by atoms with Crippen LogP contribution in [-0.4, -0.2) is 38.7 Å². The zero-order valence-corrected chi connectivity index (χ0v) is 12.2. The Labute approximate surface area is 128 Å². The van der Waals surface area contributed by atoms with E-state index in [2.05, 4.69) is 26.2 Å². The highest BCUT2D eigenvalue weighted by atomic mass is 16.2. The Balaban J connectivity index is 1.55. The van der Waals surface area contributed by atoms with Gasteiger partial charge in [0.25, 0.3) is 0 Å². The van der Waals surface area contributed by atoms with Gasteiger partial charge in [0.1, 0.15) is 0 Å². The van der Waals surface area contributed by atoms with Gasteiger partial charge in [0.05, 0.1) is 12.1 Å². The standard InChI is InChI=1S/C15H18N6O/c22-15(13-5-2-8-16-13)17-11-4-1-3-10(9-11)14-18-19-20-21(14)12-6-7-12/h1,3-4,9,12-13,16H,2,5-8H2,(H,17,22)/t13-/m0/s1. The monoisotopic (exact) mass is 298 g/mol. The summed E-state index contributed by atoms with van der Waals surface area (Å²) in [6, 6.07) is 8.04. The van der Waals surface area contributed by atoms with Crippen molar-refractivity contribution in [1.82, 2.24) is 25.5 Å². The van der Waals surface area contributed by atoms with Crippen LogP contribution in [0.15, 0.2) is 24.3 Å². The number of carbonyl (C=O) groups is 1. The van der Waals surface area contributed by atoms with Gasteiger partial charge in [0.15, 0.2) is 5.82 Å². The molecule has 0 bridgehead atoms. The van der Waals surface area contributed by atoms with Gasteiger partial charge in [0.2, 0.25) is 5.91 Å². The molecule has 2 aromatic rings. The molecule has 0 spiro atoms. The Morgan fingerprint density at radius 1 is 1.32 bits per heavy atom. The van der Waals surface area contributed by atoms with Gasteiger partial charge in [-0.05, 0) is 54.8 Å². The number of hydrogen-bond donors (Lipinski definition) is 2. The third-order valence-electron chi connectivity index (χ3n) is 4.15. The van der Waals surface area contributed by atoms with Crippen LogP contribution in [-0.2, 0) is 4.79 Å². The van der Waals surface area contributed by atoms with E-state index in [0.29, 0.717) is 6.04 Å². The van der Waals surface area contributed by atoms with Crippen LogP contribution >= 0.6 is 0 Å². The second-order valence-electron chi connectivity index (χ2n) is 5.90. The molecule has 0 unspecified atom stereocenters. The number of nitrogens with one attached hydrogen (secondary N) is 2. The molecule has 1 atom stereocenters. The molecule has 4 rings (SSSR count). The van der Waals surface area contributed by atoms with Crippen molar-refractivity contribution >= 4 is 11.6 Å². The smallest absolute Gasteiger partial charge is 0.241 e. The lowest BCUT2D eigenvalue weighted by molar-refractivity contribution is -0.117. The molecule has 1 saturated heterocycles. The lowest BCUT2D eigenvalue weighted by atomic mass is 10.1. The fourth-order valence-electron chi connectivity index (χ4n) is 2.82. The lowest BCUT2D eigenvalue weighted by Crippen LogP contribution is -2.35. The van der Waals surface area contributed by atoms with Crippen molar-refractivity contribution in [2.45, 2.75) is 37.8 Å². The van der Waals surface area contributed by atoms with Crippen molar-refractivity contribution in [2.75, 3.05) is 11.9 Å². The van der Waals surface area contributed by atoms with Gasteiger partial charge in [-0.25, -0.2) is 4.68 Å². The summed E-state index contributed by atoms with van der Waals surface area (Å²) < 4.78 is 1.87. The predicted octanol–water partition coefficient (Wildman–Crippen LogP) is 1.37. The Hall–Kier alpha value is -2.28. The van der Waals surface area contributed by atoms with Crippen molar-refractivity contribution in [3.8, 4) is 11.4 Å². The first-order chi connectivity index (χ1) is 10.8. The number of anilines is 1. The van der Waals surface area contributed by atoms with E-state index in [1.165, 1.54) is 0 Å². The fourth-order valence-corrected chi connectivity index (χ4v) is 2.82. The number of tetrazole rings is 1. The third kappa shape index (κ3) is 2.59.